The zero-order valence-electron chi connectivity index (χ0n) is 22.5. The second-order valence-corrected chi connectivity index (χ2v) is 11.2. The maximum atomic E-state index is 13.9. The number of methoxy groups -OCH3 is 1. The molecule has 41 heavy (non-hydrogen) atoms. The second kappa shape index (κ2) is 13.3. The van der Waals surface area contributed by atoms with E-state index in [1.807, 2.05) is 0 Å². The van der Waals surface area contributed by atoms with Crippen LogP contribution < -0.4 is 14.4 Å². The first-order chi connectivity index (χ1) is 19.3. The van der Waals surface area contributed by atoms with Gasteiger partial charge in [0.05, 0.1) is 28.3 Å². The molecular formula is C28H29ClF3N3O5S. The highest BCUT2D eigenvalue weighted by Gasteiger charge is 2.37. The Morgan fingerprint density at radius 1 is 1.02 bits per heavy atom. The summed E-state index contributed by atoms with van der Waals surface area (Å²) in [5.74, 6) is -0.810. The molecule has 0 fully saturated rings. The van der Waals surface area contributed by atoms with Gasteiger partial charge in [-0.05, 0) is 54.4 Å². The van der Waals surface area contributed by atoms with Crippen molar-refractivity contribution in [3.8, 4) is 5.75 Å². The van der Waals surface area contributed by atoms with E-state index in [0.717, 1.165) is 12.1 Å². The highest BCUT2D eigenvalue weighted by molar-refractivity contribution is 7.92. The fraction of sp³-hybridized carbons (Fsp3) is 0.286. The Bertz CT molecular complexity index is 1490. The van der Waals surface area contributed by atoms with Crippen LogP contribution in [0.3, 0.4) is 0 Å². The highest BCUT2D eigenvalue weighted by atomic mass is 35.5. The van der Waals surface area contributed by atoms with Crippen LogP contribution in [0.4, 0.5) is 18.9 Å². The first kappa shape index (κ1) is 31.8. The molecule has 220 valence electrons. The van der Waals surface area contributed by atoms with Crippen LogP contribution in [0.1, 0.15) is 24.5 Å². The number of benzene rings is 3. The van der Waals surface area contributed by atoms with Crippen molar-refractivity contribution in [1.29, 1.82) is 0 Å². The molecule has 3 aromatic carbocycles. The Morgan fingerprint density at radius 2 is 1.71 bits per heavy atom. The van der Waals surface area contributed by atoms with Crippen molar-refractivity contribution in [1.82, 2.24) is 10.2 Å². The third kappa shape index (κ3) is 7.50. The second-order valence-electron chi connectivity index (χ2n) is 8.90. The summed E-state index contributed by atoms with van der Waals surface area (Å²) in [5.41, 5.74) is -1.10. The van der Waals surface area contributed by atoms with Crippen molar-refractivity contribution in [2.45, 2.75) is 37.0 Å². The molecule has 0 heterocycles. The van der Waals surface area contributed by atoms with Gasteiger partial charge in [-0.25, -0.2) is 8.42 Å². The SMILES string of the molecule is CC[C@@H](C(=O)NC)N(Cc1cccc(OC)c1)C(=O)CN(c1ccc(Cl)c(C(F)(F)F)c1)S(=O)(=O)c1ccccc1. The summed E-state index contributed by atoms with van der Waals surface area (Å²) in [6, 6.07) is 15.3. The number of ether oxygens (including phenoxy) is 1. The number of hydrogen-bond donors (Lipinski definition) is 1. The maximum absolute atomic E-state index is 13.9. The van der Waals surface area contributed by atoms with Gasteiger partial charge >= 0.3 is 6.18 Å². The van der Waals surface area contributed by atoms with Gasteiger partial charge in [-0.1, -0.05) is 48.9 Å². The Hall–Kier alpha value is -3.77. The van der Waals surface area contributed by atoms with E-state index in [2.05, 4.69) is 5.32 Å². The van der Waals surface area contributed by atoms with Crippen molar-refractivity contribution in [3.05, 3.63) is 88.9 Å². The fourth-order valence-corrected chi connectivity index (χ4v) is 5.84. The van der Waals surface area contributed by atoms with Crippen LogP contribution in [0.15, 0.2) is 77.7 Å². The average Bonchev–Trinajstić information content (AvgIpc) is 2.95. The van der Waals surface area contributed by atoms with Crippen LogP contribution in [0, 0.1) is 0 Å². The van der Waals surface area contributed by atoms with Crippen LogP contribution in [-0.4, -0.2) is 51.9 Å². The predicted molar refractivity (Wildman–Crippen MR) is 149 cm³/mol. The molecule has 0 aromatic heterocycles. The Balaban J connectivity index is 2.14. The number of nitrogens with zero attached hydrogens (tertiary/aromatic N) is 2. The number of likely N-dealkylation sites (N-methyl/N-ethyl adjacent to an activating group) is 1. The lowest BCUT2D eigenvalue weighted by Crippen LogP contribution is -2.51. The molecule has 0 aliphatic rings. The van der Waals surface area contributed by atoms with E-state index in [1.165, 1.54) is 43.3 Å². The van der Waals surface area contributed by atoms with Crippen LogP contribution in [0.25, 0.3) is 0 Å². The average molecular weight is 612 g/mol. The summed E-state index contributed by atoms with van der Waals surface area (Å²) in [6.45, 7) is 0.683. The number of hydrogen-bond acceptors (Lipinski definition) is 5. The van der Waals surface area contributed by atoms with E-state index in [0.29, 0.717) is 21.7 Å². The summed E-state index contributed by atoms with van der Waals surface area (Å²) in [4.78, 5) is 27.6. The first-order valence-electron chi connectivity index (χ1n) is 12.4. The number of anilines is 1. The van der Waals surface area contributed by atoms with E-state index in [-0.39, 0.29) is 17.9 Å². The molecule has 3 aromatic rings. The van der Waals surface area contributed by atoms with Gasteiger partial charge in [0.1, 0.15) is 18.3 Å². The van der Waals surface area contributed by atoms with Gasteiger partial charge < -0.3 is 15.0 Å². The van der Waals surface area contributed by atoms with Crippen LogP contribution in [-0.2, 0) is 32.3 Å². The molecule has 2 amide bonds. The number of amides is 2. The third-order valence-electron chi connectivity index (χ3n) is 6.27. The highest BCUT2D eigenvalue weighted by Crippen LogP contribution is 2.38. The molecule has 0 bridgehead atoms. The molecule has 0 aliphatic carbocycles. The topological polar surface area (TPSA) is 96.0 Å². The Morgan fingerprint density at radius 3 is 2.29 bits per heavy atom. The molecule has 8 nitrogen and oxygen atoms in total. The lowest BCUT2D eigenvalue weighted by atomic mass is 10.1. The maximum Gasteiger partial charge on any atom is 0.417 e. The minimum absolute atomic E-state index is 0.102. The molecule has 0 spiro atoms. The standard InChI is InChI=1S/C28H29ClF3N3O5S/c1-4-25(27(37)33-2)34(17-19-9-8-10-21(15-19)40-3)26(36)18-35(41(38,39)22-11-6-5-7-12-22)20-13-14-24(29)23(16-20)28(30,31)32/h5-16,25H,4,17-18H2,1-3H3,(H,33,37)/t25-/m0/s1. The molecule has 1 atom stereocenters. The summed E-state index contributed by atoms with van der Waals surface area (Å²) in [7, 11) is -1.68. The number of sulfonamides is 1. The molecular weight excluding hydrogens is 583 g/mol. The van der Waals surface area contributed by atoms with Gasteiger partial charge in [0, 0.05) is 13.6 Å². The summed E-state index contributed by atoms with van der Waals surface area (Å²) in [5, 5.41) is 1.87. The number of rotatable bonds is 11. The van der Waals surface area contributed by atoms with Gasteiger partial charge in [-0.3, -0.25) is 13.9 Å². The lowest BCUT2D eigenvalue weighted by molar-refractivity contribution is -0.140. The van der Waals surface area contributed by atoms with Crippen molar-refractivity contribution >= 4 is 39.1 Å². The molecule has 0 radical (unpaired) electrons. The third-order valence-corrected chi connectivity index (χ3v) is 8.39. The Kier molecular flexibility index (Phi) is 10.3. The smallest absolute Gasteiger partial charge is 0.417 e. The van der Waals surface area contributed by atoms with E-state index in [4.69, 9.17) is 16.3 Å². The van der Waals surface area contributed by atoms with E-state index >= 15 is 0 Å². The quantitative estimate of drug-likeness (QED) is 0.325. The zero-order valence-corrected chi connectivity index (χ0v) is 24.1. The van der Waals surface area contributed by atoms with Gasteiger partial charge in [0.2, 0.25) is 11.8 Å². The molecule has 0 saturated heterocycles. The van der Waals surface area contributed by atoms with E-state index in [9.17, 15) is 31.2 Å². The number of carbonyl (C=O) groups is 2. The number of alkyl halides is 3. The summed E-state index contributed by atoms with van der Waals surface area (Å²) >= 11 is 5.78. The molecule has 0 saturated carbocycles. The minimum atomic E-state index is -4.88. The van der Waals surface area contributed by atoms with E-state index < -0.39 is 56.9 Å². The number of halogens is 4. The predicted octanol–water partition coefficient (Wildman–Crippen LogP) is 5.12. The number of nitrogens with one attached hydrogen (secondary N) is 1. The molecule has 13 heteroatoms. The minimum Gasteiger partial charge on any atom is -0.497 e. The fourth-order valence-electron chi connectivity index (χ4n) is 4.19. The van der Waals surface area contributed by atoms with Gasteiger partial charge in [-0.15, -0.1) is 0 Å². The largest absolute Gasteiger partial charge is 0.497 e. The molecule has 0 aliphatic heterocycles. The van der Waals surface area contributed by atoms with Crippen molar-refractivity contribution in [2.75, 3.05) is 25.0 Å². The molecule has 0 unspecified atom stereocenters. The van der Waals surface area contributed by atoms with Crippen molar-refractivity contribution in [3.63, 3.8) is 0 Å². The van der Waals surface area contributed by atoms with Crippen molar-refractivity contribution < 1.29 is 35.9 Å². The summed E-state index contributed by atoms with van der Waals surface area (Å²) in [6.07, 6.45) is -4.70. The monoisotopic (exact) mass is 611 g/mol. The van der Waals surface area contributed by atoms with Crippen LogP contribution in [0.2, 0.25) is 5.02 Å². The van der Waals surface area contributed by atoms with Gasteiger partial charge in [-0.2, -0.15) is 13.2 Å². The van der Waals surface area contributed by atoms with Gasteiger partial charge in [0.25, 0.3) is 10.0 Å². The van der Waals surface area contributed by atoms with Crippen LogP contribution >= 0.6 is 11.6 Å². The Labute approximate surface area is 241 Å². The first-order valence-corrected chi connectivity index (χ1v) is 14.2. The van der Waals surface area contributed by atoms with Crippen molar-refractivity contribution in [2.24, 2.45) is 0 Å². The molecule has 1 N–H and O–H groups in total. The molecule has 3 rings (SSSR count). The normalized spacial score (nSPS) is 12.4. The van der Waals surface area contributed by atoms with Gasteiger partial charge in [0.15, 0.2) is 0 Å². The van der Waals surface area contributed by atoms with Crippen LogP contribution in [0.5, 0.6) is 5.75 Å². The zero-order chi connectivity index (χ0) is 30.4. The lowest BCUT2D eigenvalue weighted by Gasteiger charge is -2.33. The van der Waals surface area contributed by atoms with E-state index in [1.54, 1.807) is 37.3 Å². The number of carbonyl (C=O) groups excluding carboxylic acids is 2. The summed E-state index contributed by atoms with van der Waals surface area (Å²) < 4.78 is 74.4.